The Hall–Kier alpha value is -3.65. The molecule has 2 aromatic carbocycles. The van der Waals surface area contributed by atoms with Crippen LogP contribution in [0.1, 0.15) is 24.0 Å². The van der Waals surface area contributed by atoms with Gasteiger partial charge >= 0.3 is 12.1 Å². The molecule has 32 heavy (non-hydrogen) atoms. The van der Waals surface area contributed by atoms with Crippen molar-refractivity contribution in [2.24, 2.45) is 0 Å². The van der Waals surface area contributed by atoms with Gasteiger partial charge < -0.3 is 25.2 Å². The molecule has 1 atom stereocenters. The monoisotopic (exact) mass is 438 g/mol. The van der Waals surface area contributed by atoms with E-state index in [1.165, 1.54) is 20.1 Å². The van der Waals surface area contributed by atoms with Crippen LogP contribution < -0.4 is 10.6 Å². The van der Waals surface area contributed by atoms with Crippen molar-refractivity contribution in [1.82, 2.24) is 10.6 Å². The predicted molar refractivity (Wildman–Crippen MR) is 118 cm³/mol. The van der Waals surface area contributed by atoms with Crippen molar-refractivity contribution in [2.45, 2.75) is 18.4 Å². The van der Waals surface area contributed by atoms with Gasteiger partial charge in [-0.05, 0) is 29.2 Å². The second-order valence-electron chi connectivity index (χ2n) is 7.67. The van der Waals surface area contributed by atoms with E-state index in [0.29, 0.717) is 0 Å². The number of alkyl carbamates (subject to hydrolysis) is 1. The summed E-state index contributed by atoms with van der Waals surface area (Å²) in [6, 6.07) is 16.1. The highest BCUT2D eigenvalue weighted by molar-refractivity contribution is 5.93. The normalized spacial score (nSPS) is 14.3. The molecule has 2 aromatic rings. The van der Waals surface area contributed by atoms with Crippen LogP contribution in [0, 0.1) is 0 Å². The van der Waals surface area contributed by atoms with Crippen LogP contribution in [0.25, 0.3) is 11.1 Å². The molecule has 3 N–H and O–H groups in total. The summed E-state index contributed by atoms with van der Waals surface area (Å²) < 4.78 is 10.3. The number of methoxy groups -OCH3 is 1. The minimum atomic E-state index is -1.55. The van der Waals surface area contributed by atoms with E-state index in [9.17, 15) is 19.5 Å². The van der Waals surface area contributed by atoms with Gasteiger partial charge in [-0.15, -0.1) is 0 Å². The van der Waals surface area contributed by atoms with Crippen molar-refractivity contribution in [1.29, 1.82) is 0 Å². The van der Waals surface area contributed by atoms with Crippen LogP contribution in [0.3, 0.4) is 0 Å². The standard InChI is InChI=1S/C24H26N2O6/c1-24(15-31-2,22(28)29)26-21(27)12-7-13-25-23(30)32-14-20-18-10-5-3-8-16(18)17-9-4-6-11-19(17)20/h3-12,20H,13-15H2,1-2H3,(H,25,30)(H,26,27)(H,28,29)/b12-7+. The first-order valence-electron chi connectivity index (χ1n) is 10.2. The molecule has 1 aliphatic carbocycles. The van der Waals surface area contributed by atoms with Crippen molar-refractivity contribution in [2.75, 3.05) is 26.9 Å². The highest BCUT2D eigenvalue weighted by Gasteiger charge is 2.34. The van der Waals surface area contributed by atoms with Crippen molar-refractivity contribution >= 4 is 18.0 Å². The summed E-state index contributed by atoms with van der Waals surface area (Å²) in [6.07, 6.45) is 1.96. The van der Waals surface area contributed by atoms with E-state index < -0.39 is 23.5 Å². The molecule has 0 radical (unpaired) electrons. The third kappa shape index (κ3) is 5.15. The fourth-order valence-corrected chi connectivity index (χ4v) is 3.71. The van der Waals surface area contributed by atoms with Gasteiger partial charge in [-0.25, -0.2) is 9.59 Å². The Bertz CT molecular complexity index is 989. The quantitative estimate of drug-likeness (QED) is 0.519. The summed E-state index contributed by atoms with van der Waals surface area (Å²) in [5, 5.41) is 14.2. The summed E-state index contributed by atoms with van der Waals surface area (Å²) in [5.41, 5.74) is 2.99. The highest BCUT2D eigenvalue weighted by Crippen LogP contribution is 2.44. The molecule has 8 nitrogen and oxygen atoms in total. The van der Waals surface area contributed by atoms with E-state index in [1.54, 1.807) is 0 Å². The van der Waals surface area contributed by atoms with Crippen LogP contribution in [-0.4, -0.2) is 55.5 Å². The van der Waals surface area contributed by atoms with Gasteiger partial charge in [-0.3, -0.25) is 4.79 Å². The maximum Gasteiger partial charge on any atom is 0.407 e. The van der Waals surface area contributed by atoms with E-state index in [0.717, 1.165) is 28.3 Å². The number of aliphatic carboxylic acids is 1. The topological polar surface area (TPSA) is 114 Å². The van der Waals surface area contributed by atoms with Gasteiger partial charge in [0.15, 0.2) is 5.54 Å². The summed E-state index contributed by atoms with van der Waals surface area (Å²) in [7, 11) is 1.35. The van der Waals surface area contributed by atoms with Crippen molar-refractivity contribution < 1.29 is 29.0 Å². The number of carboxylic acid groups (broad SMARTS) is 1. The van der Waals surface area contributed by atoms with E-state index in [2.05, 4.69) is 22.8 Å². The van der Waals surface area contributed by atoms with Crippen molar-refractivity contribution in [3.8, 4) is 11.1 Å². The molecule has 8 heteroatoms. The lowest BCUT2D eigenvalue weighted by Crippen LogP contribution is -2.55. The van der Waals surface area contributed by atoms with Gasteiger partial charge in [0, 0.05) is 25.6 Å². The van der Waals surface area contributed by atoms with E-state index >= 15 is 0 Å². The second-order valence-corrected chi connectivity index (χ2v) is 7.67. The molecule has 0 bridgehead atoms. The molecule has 1 unspecified atom stereocenters. The molecule has 0 saturated carbocycles. The van der Waals surface area contributed by atoms with Gasteiger partial charge in [-0.2, -0.15) is 0 Å². The Morgan fingerprint density at radius 1 is 1.06 bits per heavy atom. The first kappa shape index (κ1) is 23.0. The molecule has 0 spiro atoms. The molecular weight excluding hydrogens is 412 g/mol. The summed E-state index contributed by atoms with van der Waals surface area (Å²) in [5.74, 6) is -1.86. The zero-order chi connectivity index (χ0) is 23.1. The average Bonchev–Trinajstić information content (AvgIpc) is 3.09. The fourth-order valence-electron chi connectivity index (χ4n) is 3.71. The van der Waals surface area contributed by atoms with Gasteiger partial charge in [0.05, 0.1) is 6.61 Å². The Balaban J connectivity index is 1.49. The Morgan fingerprint density at radius 3 is 2.22 bits per heavy atom. The minimum Gasteiger partial charge on any atom is -0.479 e. The lowest BCUT2D eigenvalue weighted by molar-refractivity contribution is -0.148. The van der Waals surface area contributed by atoms with Gasteiger partial charge in [-0.1, -0.05) is 54.6 Å². The molecule has 0 fully saturated rings. The molecule has 2 amide bonds. The number of carboxylic acids is 1. The molecule has 0 heterocycles. The molecule has 1 aliphatic rings. The SMILES string of the molecule is COCC(C)(NC(=O)/C=C/CNC(=O)OCC1c2ccccc2-c2ccccc21)C(=O)O. The van der Waals surface area contributed by atoms with E-state index in [4.69, 9.17) is 9.47 Å². The van der Waals surface area contributed by atoms with Crippen LogP contribution >= 0.6 is 0 Å². The molecule has 168 valence electrons. The number of hydrogen-bond acceptors (Lipinski definition) is 5. The van der Waals surface area contributed by atoms with Crippen molar-refractivity contribution in [3.63, 3.8) is 0 Å². The van der Waals surface area contributed by atoms with Gasteiger partial charge in [0.1, 0.15) is 6.61 Å². The lowest BCUT2D eigenvalue weighted by Gasteiger charge is -2.24. The highest BCUT2D eigenvalue weighted by atomic mass is 16.5. The average molecular weight is 438 g/mol. The second kappa shape index (κ2) is 10.1. The predicted octanol–water partition coefficient (Wildman–Crippen LogP) is 2.69. The third-order valence-corrected chi connectivity index (χ3v) is 5.28. The first-order chi connectivity index (χ1) is 15.4. The zero-order valence-corrected chi connectivity index (χ0v) is 18.0. The van der Waals surface area contributed by atoms with Crippen LogP contribution in [-0.2, 0) is 19.1 Å². The number of benzene rings is 2. The number of amides is 2. The maximum atomic E-state index is 12.1. The number of carbonyl (C=O) groups is 3. The van der Waals surface area contributed by atoms with Gasteiger partial charge in [0.2, 0.25) is 5.91 Å². The van der Waals surface area contributed by atoms with Crippen molar-refractivity contribution in [3.05, 3.63) is 71.8 Å². The molecular formula is C24H26N2O6. The van der Waals surface area contributed by atoms with Crippen LogP contribution in [0.5, 0.6) is 0 Å². The van der Waals surface area contributed by atoms with Crippen LogP contribution in [0.4, 0.5) is 4.79 Å². The smallest absolute Gasteiger partial charge is 0.407 e. The summed E-state index contributed by atoms with van der Waals surface area (Å²) in [6.45, 7) is 1.41. The van der Waals surface area contributed by atoms with Crippen LogP contribution in [0.15, 0.2) is 60.7 Å². The largest absolute Gasteiger partial charge is 0.479 e. The molecule has 0 saturated heterocycles. The Kier molecular flexibility index (Phi) is 7.27. The number of fused-ring (bicyclic) bond motifs is 3. The number of ether oxygens (including phenoxy) is 2. The van der Waals surface area contributed by atoms with Gasteiger partial charge in [0.25, 0.3) is 0 Å². The first-order valence-corrected chi connectivity index (χ1v) is 10.2. The van der Waals surface area contributed by atoms with Crippen LogP contribution in [0.2, 0.25) is 0 Å². The van der Waals surface area contributed by atoms with E-state index in [-0.39, 0.29) is 25.7 Å². The summed E-state index contributed by atoms with van der Waals surface area (Å²) in [4.78, 5) is 35.4. The molecule has 0 aliphatic heterocycles. The number of rotatable bonds is 9. The fraction of sp³-hybridized carbons (Fsp3) is 0.292. The van der Waals surface area contributed by atoms with E-state index in [1.807, 2.05) is 36.4 Å². The Labute approximate surface area is 186 Å². The number of hydrogen-bond donors (Lipinski definition) is 3. The third-order valence-electron chi connectivity index (χ3n) is 5.28. The minimum absolute atomic E-state index is 0.0380. The lowest BCUT2D eigenvalue weighted by atomic mass is 9.98. The zero-order valence-electron chi connectivity index (χ0n) is 18.0. The molecule has 3 rings (SSSR count). The molecule has 0 aromatic heterocycles. The Morgan fingerprint density at radius 2 is 1.66 bits per heavy atom. The summed E-state index contributed by atoms with van der Waals surface area (Å²) >= 11 is 0. The maximum absolute atomic E-state index is 12.1. The number of nitrogens with one attached hydrogen (secondary N) is 2. The number of carbonyl (C=O) groups excluding carboxylic acids is 2.